The molecule has 1 aromatic rings. The van der Waals surface area contributed by atoms with E-state index in [1.165, 1.54) is 7.11 Å². The molecule has 1 unspecified atom stereocenters. The highest BCUT2D eigenvalue weighted by Crippen LogP contribution is 2.37. The van der Waals surface area contributed by atoms with E-state index >= 15 is 0 Å². The van der Waals surface area contributed by atoms with Gasteiger partial charge < -0.3 is 25.3 Å². The first-order chi connectivity index (χ1) is 16.0. The second kappa shape index (κ2) is 12.8. The molecule has 1 aromatic carbocycles. The van der Waals surface area contributed by atoms with Crippen molar-refractivity contribution in [3.63, 3.8) is 0 Å². The minimum atomic E-state index is -0.650. The van der Waals surface area contributed by atoms with Gasteiger partial charge in [-0.15, -0.1) is 0 Å². The van der Waals surface area contributed by atoms with Crippen molar-refractivity contribution in [2.75, 3.05) is 33.4 Å². The van der Waals surface area contributed by atoms with E-state index in [0.29, 0.717) is 17.2 Å². The summed E-state index contributed by atoms with van der Waals surface area (Å²) < 4.78 is 16.0. The molecule has 1 saturated heterocycles. The lowest BCUT2D eigenvalue weighted by molar-refractivity contribution is -0.142. The number of methoxy groups -OCH3 is 1. The van der Waals surface area contributed by atoms with E-state index in [1.807, 2.05) is 12.1 Å². The van der Waals surface area contributed by atoms with Gasteiger partial charge in [0.1, 0.15) is 18.0 Å². The molecule has 9 nitrogen and oxygen atoms in total. The van der Waals surface area contributed by atoms with E-state index < -0.39 is 23.6 Å². The second-order valence-electron chi connectivity index (χ2n) is 9.45. The van der Waals surface area contributed by atoms with E-state index in [1.54, 1.807) is 26.8 Å². The van der Waals surface area contributed by atoms with Crippen molar-refractivity contribution in [1.82, 2.24) is 10.2 Å². The second-order valence-corrected chi connectivity index (χ2v) is 9.82. The normalized spacial score (nSPS) is 15.9. The van der Waals surface area contributed by atoms with Crippen LogP contribution in [0.4, 0.5) is 4.79 Å². The van der Waals surface area contributed by atoms with Crippen molar-refractivity contribution >= 4 is 29.6 Å². The number of benzene rings is 1. The highest BCUT2D eigenvalue weighted by molar-refractivity contribution is 6.32. The molecular formula is C24H36ClN3O6. The largest absolute Gasteiger partial charge is 0.490 e. The summed E-state index contributed by atoms with van der Waals surface area (Å²) in [4.78, 5) is 37.0. The van der Waals surface area contributed by atoms with E-state index in [-0.39, 0.29) is 31.5 Å². The minimum absolute atomic E-state index is 0.0990. The van der Waals surface area contributed by atoms with Gasteiger partial charge in [0, 0.05) is 6.42 Å². The predicted molar refractivity (Wildman–Crippen MR) is 129 cm³/mol. The summed E-state index contributed by atoms with van der Waals surface area (Å²) in [5.41, 5.74) is 5.62. The molecule has 0 radical (unpaired) electrons. The lowest BCUT2D eigenvalue weighted by atomic mass is 9.89. The monoisotopic (exact) mass is 497 g/mol. The number of nitrogens with one attached hydrogen (secondary N) is 1. The molecule has 34 heavy (non-hydrogen) atoms. The molecule has 0 bridgehead atoms. The van der Waals surface area contributed by atoms with Crippen LogP contribution in [0.3, 0.4) is 0 Å². The van der Waals surface area contributed by atoms with Crippen molar-refractivity contribution in [3.05, 3.63) is 28.8 Å². The Hall–Kier alpha value is -2.52. The maximum atomic E-state index is 12.2. The van der Waals surface area contributed by atoms with Crippen molar-refractivity contribution in [2.24, 2.45) is 5.73 Å². The number of likely N-dealkylation sites (tertiary alicyclic amines) is 1. The van der Waals surface area contributed by atoms with Crippen LogP contribution in [0.5, 0.6) is 5.75 Å². The number of hydrogen-bond acceptors (Lipinski definition) is 7. The summed E-state index contributed by atoms with van der Waals surface area (Å²) in [6, 6.07) is 5.16. The van der Waals surface area contributed by atoms with E-state index in [4.69, 9.17) is 31.5 Å². The van der Waals surface area contributed by atoms with Gasteiger partial charge in [-0.05, 0) is 70.7 Å². The zero-order valence-corrected chi connectivity index (χ0v) is 21.2. The molecule has 2 rings (SSSR count). The minimum Gasteiger partial charge on any atom is -0.490 e. The summed E-state index contributed by atoms with van der Waals surface area (Å²) in [6.07, 6.45) is 1.54. The number of alkyl carbamates (subject to hydrolysis) is 1. The van der Waals surface area contributed by atoms with Crippen LogP contribution in [-0.2, 0) is 19.1 Å². The standard InChI is InChI=1S/C24H36ClN3O6/c1-24(2,3)34-23(31)27-17(8-9-20(26)29)15-33-19-7-5-6-18(22(19)25)16-10-12-28(13-11-16)14-21(30)32-4/h5-7,16-17H,8-15H2,1-4H3,(H2,26,29)(H,27,31). The Kier molecular flexibility index (Phi) is 10.4. The van der Waals surface area contributed by atoms with Crippen molar-refractivity contribution in [2.45, 2.75) is 64.0 Å². The summed E-state index contributed by atoms with van der Waals surface area (Å²) in [5.74, 6) is 0.0500. The molecule has 0 aromatic heterocycles. The molecule has 190 valence electrons. The lowest BCUT2D eigenvalue weighted by Gasteiger charge is -2.32. The Labute approximate surface area is 206 Å². The number of hydrogen-bond donors (Lipinski definition) is 2. The molecule has 1 heterocycles. The van der Waals surface area contributed by atoms with Crippen LogP contribution >= 0.6 is 11.6 Å². The van der Waals surface area contributed by atoms with Crippen LogP contribution in [0.15, 0.2) is 18.2 Å². The average molecular weight is 498 g/mol. The van der Waals surface area contributed by atoms with Gasteiger partial charge in [0.2, 0.25) is 5.91 Å². The Balaban J connectivity index is 2.00. The van der Waals surface area contributed by atoms with Crippen LogP contribution in [0.2, 0.25) is 5.02 Å². The van der Waals surface area contributed by atoms with Gasteiger partial charge in [0.15, 0.2) is 0 Å². The summed E-state index contributed by atoms with van der Waals surface area (Å²) in [6.45, 7) is 7.25. The van der Waals surface area contributed by atoms with Crippen LogP contribution in [0.1, 0.15) is 57.9 Å². The zero-order valence-electron chi connectivity index (χ0n) is 20.4. The van der Waals surface area contributed by atoms with Gasteiger partial charge in [0.25, 0.3) is 0 Å². The lowest BCUT2D eigenvalue weighted by Crippen LogP contribution is -2.42. The summed E-state index contributed by atoms with van der Waals surface area (Å²) in [7, 11) is 1.39. The van der Waals surface area contributed by atoms with Gasteiger partial charge in [-0.1, -0.05) is 23.7 Å². The molecule has 1 aliphatic rings. The molecule has 0 spiro atoms. The van der Waals surface area contributed by atoms with E-state index in [0.717, 1.165) is 31.5 Å². The maximum absolute atomic E-state index is 12.2. The molecule has 1 atom stereocenters. The fraction of sp³-hybridized carbons (Fsp3) is 0.625. The maximum Gasteiger partial charge on any atom is 0.407 e. The fourth-order valence-corrected chi connectivity index (χ4v) is 4.12. The highest BCUT2D eigenvalue weighted by Gasteiger charge is 2.25. The Bertz CT molecular complexity index is 850. The number of carbonyl (C=O) groups is 3. The molecule has 1 fully saturated rings. The Morgan fingerprint density at radius 2 is 1.91 bits per heavy atom. The molecule has 0 saturated carbocycles. The molecule has 10 heteroatoms. The number of ether oxygens (including phenoxy) is 3. The smallest absolute Gasteiger partial charge is 0.407 e. The first kappa shape index (κ1) is 27.7. The van der Waals surface area contributed by atoms with E-state index in [9.17, 15) is 14.4 Å². The molecule has 2 amide bonds. The fourth-order valence-electron chi connectivity index (χ4n) is 3.78. The van der Waals surface area contributed by atoms with E-state index in [2.05, 4.69) is 10.2 Å². The van der Waals surface area contributed by atoms with Gasteiger partial charge in [-0.3, -0.25) is 14.5 Å². The van der Waals surface area contributed by atoms with Crippen LogP contribution in [-0.4, -0.2) is 67.9 Å². The number of esters is 1. The number of piperidine rings is 1. The molecule has 3 N–H and O–H groups in total. The highest BCUT2D eigenvalue weighted by atomic mass is 35.5. The van der Waals surface area contributed by atoms with Crippen molar-refractivity contribution < 1.29 is 28.6 Å². The number of halogens is 1. The first-order valence-electron chi connectivity index (χ1n) is 11.5. The quantitative estimate of drug-likeness (QED) is 0.476. The number of nitrogens with zero attached hydrogens (tertiary/aromatic N) is 1. The third-order valence-corrected chi connectivity index (χ3v) is 5.91. The number of nitrogens with two attached hydrogens (primary N) is 1. The topological polar surface area (TPSA) is 120 Å². The summed E-state index contributed by atoms with van der Waals surface area (Å²) >= 11 is 6.69. The first-order valence-corrected chi connectivity index (χ1v) is 11.8. The van der Waals surface area contributed by atoms with Crippen LogP contribution in [0.25, 0.3) is 0 Å². The zero-order chi connectivity index (χ0) is 25.3. The number of rotatable bonds is 10. The Morgan fingerprint density at radius 3 is 2.50 bits per heavy atom. The van der Waals surface area contributed by atoms with Crippen molar-refractivity contribution in [1.29, 1.82) is 0 Å². The predicted octanol–water partition coefficient (Wildman–Crippen LogP) is 3.23. The summed E-state index contributed by atoms with van der Waals surface area (Å²) in [5, 5.41) is 3.27. The van der Waals surface area contributed by atoms with Gasteiger partial charge in [-0.25, -0.2) is 4.79 Å². The van der Waals surface area contributed by atoms with Crippen LogP contribution < -0.4 is 15.8 Å². The van der Waals surface area contributed by atoms with Gasteiger partial charge >= 0.3 is 12.1 Å². The Morgan fingerprint density at radius 1 is 1.24 bits per heavy atom. The number of carbonyl (C=O) groups excluding carboxylic acids is 3. The van der Waals surface area contributed by atoms with Gasteiger partial charge in [0.05, 0.1) is 24.7 Å². The van der Waals surface area contributed by atoms with Gasteiger partial charge in [-0.2, -0.15) is 0 Å². The molecular weight excluding hydrogens is 462 g/mol. The third kappa shape index (κ3) is 9.38. The SMILES string of the molecule is COC(=O)CN1CCC(c2cccc(OCC(CCC(N)=O)NC(=O)OC(C)(C)C)c2Cl)CC1. The molecule has 1 aliphatic heterocycles. The molecule has 0 aliphatic carbocycles. The third-order valence-electron chi connectivity index (χ3n) is 5.50. The van der Waals surface area contributed by atoms with Crippen molar-refractivity contribution in [3.8, 4) is 5.75 Å². The number of primary amides is 1. The average Bonchev–Trinajstić information content (AvgIpc) is 2.75. The number of amides is 2. The van der Waals surface area contributed by atoms with Crippen LogP contribution in [0, 0.1) is 0 Å².